The van der Waals surface area contributed by atoms with E-state index in [1.54, 1.807) is 11.3 Å². The van der Waals surface area contributed by atoms with E-state index >= 15 is 0 Å². The first kappa shape index (κ1) is 16.6. The fraction of sp³-hybridized carbons (Fsp3) is 0.158. The molecule has 0 aliphatic carbocycles. The van der Waals surface area contributed by atoms with Crippen LogP contribution in [0.5, 0.6) is 0 Å². The van der Waals surface area contributed by atoms with Gasteiger partial charge in [0.15, 0.2) is 5.82 Å². The van der Waals surface area contributed by atoms with Crippen molar-refractivity contribution in [3.8, 4) is 22.0 Å². The Kier molecular flexibility index (Phi) is 4.02. The van der Waals surface area contributed by atoms with E-state index in [4.69, 9.17) is 9.98 Å². The molecule has 2 aliphatic rings. The van der Waals surface area contributed by atoms with Crippen LogP contribution in [0.15, 0.2) is 64.5 Å². The van der Waals surface area contributed by atoms with Gasteiger partial charge in [0, 0.05) is 16.2 Å². The third kappa shape index (κ3) is 2.85. The highest BCUT2D eigenvalue weighted by Crippen LogP contribution is 2.42. The van der Waals surface area contributed by atoms with Gasteiger partial charge in [0.1, 0.15) is 23.2 Å². The van der Waals surface area contributed by atoms with Gasteiger partial charge in [-0.3, -0.25) is 10.1 Å². The summed E-state index contributed by atoms with van der Waals surface area (Å²) in [6.45, 7) is 2.13. The number of allylic oxidation sites excluding steroid dienone is 2. The lowest BCUT2D eigenvalue weighted by atomic mass is 10.1. The molecule has 6 nitrogen and oxygen atoms in total. The molecule has 0 fully saturated rings. The quantitative estimate of drug-likeness (QED) is 0.651. The minimum absolute atomic E-state index is 0.0571. The van der Waals surface area contributed by atoms with Crippen LogP contribution in [0.4, 0.5) is 0 Å². The molecule has 0 radical (unpaired) electrons. The van der Waals surface area contributed by atoms with Gasteiger partial charge in [-0.15, -0.1) is 11.3 Å². The molecule has 0 saturated heterocycles. The minimum Gasteiger partial charge on any atom is -0.320 e. The molecule has 2 unspecified atom stereocenters. The van der Waals surface area contributed by atoms with Gasteiger partial charge in [-0.1, -0.05) is 30.3 Å². The molecule has 2 aliphatic heterocycles. The van der Waals surface area contributed by atoms with Gasteiger partial charge in [-0.05, 0) is 35.0 Å². The average molecular weight is 439 g/mol. The molecule has 2 atom stereocenters. The molecular weight excluding hydrogens is 424 g/mol. The number of rotatable bonds is 3. The maximum absolute atomic E-state index is 5.03. The largest absolute Gasteiger partial charge is 0.320 e. The van der Waals surface area contributed by atoms with Crippen molar-refractivity contribution in [1.29, 1.82) is 0 Å². The van der Waals surface area contributed by atoms with Crippen molar-refractivity contribution in [2.45, 2.75) is 19.0 Å². The van der Waals surface area contributed by atoms with Crippen molar-refractivity contribution in [3.05, 3.63) is 64.5 Å². The number of thiazole rings is 1. The van der Waals surface area contributed by atoms with Gasteiger partial charge in [0.25, 0.3) is 0 Å². The fourth-order valence-corrected chi connectivity index (χ4v) is 4.97. The van der Waals surface area contributed by atoms with E-state index in [-0.39, 0.29) is 12.1 Å². The molecular formula is C19H15BrN6S. The second kappa shape index (κ2) is 6.54. The Morgan fingerprint density at radius 3 is 2.81 bits per heavy atom. The Bertz CT molecular complexity index is 1070. The number of nitrogens with zero attached hydrogens (tertiary/aromatic N) is 5. The Balaban J connectivity index is 1.63. The van der Waals surface area contributed by atoms with Crippen molar-refractivity contribution >= 4 is 33.1 Å². The maximum Gasteiger partial charge on any atom is 0.167 e. The summed E-state index contributed by atoms with van der Waals surface area (Å²) in [7, 11) is 0. The molecule has 1 N–H and O–H groups in total. The molecule has 27 heavy (non-hydrogen) atoms. The molecule has 3 aromatic rings. The second-order valence-electron chi connectivity index (χ2n) is 6.36. The molecule has 5 rings (SSSR count). The Morgan fingerprint density at radius 1 is 1.19 bits per heavy atom. The van der Waals surface area contributed by atoms with Crippen molar-refractivity contribution in [1.82, 2.24) is 25.1 Å². The first-order valence-corrected chi connectivity index (χ1v) is 10.1. The SMILES string of the molecule is CC1N=C2C=CC(Br)=CN2C1c1nc(-c2ccccc2)c(-c2ncn[nH]2)s1. The number of halogens is 1. The maximum atomic E-state index is 5.03. The van der Waals surface area contributed by atoms with Gasteiger partial charge < -0.3 is 4.90 Å². The number of aromatic amines is 1. The third-order valence-corrected chi connectivity index (χ3v) is 6.19. The Labute approximate surface area is 168 Å². The highest BCUT2D eigenvalue weighted by atomic mass is 79.9. The normalized spacial score (nSPS) is 21.2. The summed E-state index contributed by atoms with van der Waals surface area (Å²) < 4.78 is 1.02. The summed E-state index contributed by atoms with van der Waals surface area (Å²) >= 11 is 5.21. The van der Waals surface area contributed by atoms with Crippen LogP contribution in [-0.4, -0.2) is 36.9 Å². The van der Waals surface area contributed by atoms with Gasteiger partial charge in [0.05, 0.1) is 16.6 Å². The van der Waals surface area contributed by atoms with E-state index in [1.807, 2.05) is 30.4 Å². The smallest absolute Gasteiger partial charge is 0.167 e. The van der Waals surface area contributed by atoms with E-state index in [0.717, 1.165) is 37.3 Å². The molecule has 134 valence electrons. The predicted octanol–water partition coefficient (Wildman–Crippen LogP) is 4.55. The average Bonchev–Trinajstić information content (AvgIpc) is 3.39. The number of H-pyrrole nitrogens is 1. The van der Waals surface area contributed by atoms with E-state index < -0.39 is 0 Å². The van der Waals surface area contributed by atoms with Gasteiger partial charge in [-0.2, -0.15) is 5.10 Å². The molecule has 0 spiro atoms. The lowest BCUT2D eigenvalue weighted by Crippen LogP contribution is -2.28. The number of aromatic nitrogens is 4. The highest BCUT2D eigenvalue weighted by molar-refractivity contribution is 9.11. The van der Waals surface area contributed by atoms with E-state index in [0.29, 0.717) is 0 Å². The van der Waals surface area contributed by atoms with E-state index in [1.165, 1.54) is 6.33 Å². The standard InChI is InChI=1S/C19H15BrN6S/c1-11-16(26-9-13(20)7-8-14(26)23-11)19-24-15(12-5-3-2-4-6-12)17(27-19)18-21-10-22-25-18/h2-11,16H,1H3,(H,21,22,25). The molecule has 0 saturated carbocycles. The van der Waals surface area contributed by atoms with Crippen molar-refractivity contribution in [2.75, 3.05) is 0 Å². The lowest BCUT2D eigenvalue weighted by Gasteiger charge is -2.25. The molecule has 8 heteroatoms. The number of aliphatic imine (C=N–C) groups is 1. The predicted molar refractivity (Wildman–Crippen MR) is 111 cm³/mol. The summed E-state index contributed by atoms with van der Waals surface area (Å²) in [6, 6.07) is 10.4. The van der Waals surface area contributed by atoms with Crippen molar-refractivity contribution in [2.24, 2.45) is 4.99 Å². The topological polar surface area (TPSA) is 70.1 Å². The monoisotopic (exact) mass is 438 g/mol. The van der Waals surface area contributed by atoms with Crippen LogP contribution < -0.4 is 0 Å². The minimum atomic E-state index is 0.0571. The van der Waals surface area contributed by atoms with Crippen LogP contribution in [-0.2, 0) is 0 Å². The van der Waals surface area contributed by atoms with Crippen LogP contribution in [0.25, 0.3) is 22.0 Å². The molecule has 4 heterocycles. The molecule has 0 bridgehead atoms. The van der Waals surface area contributed by atoms with Crippen LogP contribution >= 0.6 is 27.3 Å². The van der Waals surface area contributed by atoms with Gasteiger partial charge in [0.2, 0.25) is 0 Å². The van der Waals surface area contributed by atoms with E-state index in [9.17, 15) is 0 Å². The number of benzene rings is 1. The molecule has 2 aromatic heterocycles. The second-order valence-corrected chi connectivity index (χ2v) is 8.30. The van der Waals surface area contributed by atoms with Crippen LogP contribution in [0.1, 0.15) is 18.0 Å². The third-order valence-electron chi connectivity index (χ3n) is 4.59. The van der Waals surface area contributed by atoms with Gasteiger partial charge in [-0.25, -0.2) is 9.97 Å². The first-order valence-electron chi connectivity index (χ1n) is 8.54. The summed E-state index contributed by atoms with van der Waals surface area (Å²) in [5.41, 5.74) is 1.98. The number of amidine groups is 1. The Morgan fingerprint density at radius 2 is 2.04 bits per heavy atom. The fourth-order valence-electron chi connectivity index (χ4n) is 3.38. The van der Waals surface area contributed by atoms with Crippen LogP contribution in [0, 0.1) is 0 Å². The summed E-state index contributed by atoms with van der Waals surface area (Å²) in [5, 5.41) is 8.01. The zero-order chi connectivity index (χ0) is 18.4. The summed E-state index contributed by atoms with van der Waals surface area (Å²) in [5.74, 6) is 1.70. The van der Waals surface area contributed by atoms with Crippen LogP contribution in [0.2, 0.25) is 0 Å². The summed E-state index contributed by atoms with van der Waals surface area (Å²) in [6.07, 6.45) is 7.65. The molecule has 1 aromatic carbocycles. The number of hydrogen-bond donors (Lipinski definition) is 1. The highest BCUT2D eigenvalue weighted by Gasteiger charge is 2.37. The zero-order valence-electron chi connectivity index (χ0n) is 14.4. The molecule has 0 amide bonds. The first-order chi connectivity index (χ1) is 13.2. The summed E-state index contributed by atoms with van der Waals surface area (Å²) in [4.78, 5) is 17.4. The number of nitrogens with one attached hydrogen (secondary N) is 1. The zero-order valence-corrected chi connectivity index (χ0v) is 16.8. The van der Waals surface area contributed by atoms with Crippen LogP contribution in [0.3, 0.4) is 0 Å². The number of hydrogen-bond acceptors (Lipinski definition) is 6. The van der Waals surface area contributed by atoms with Crippen molar-refractivity contribution < 1.29 is 0 Å². The number of fused-ring (bicyclic) bond motifs is 1. The van der Waals surface area contributed by atoms with Gasteiger partial charge >= 0.3 is 0 Å². The Hall–Kier alpha value is -2.58. The van der Waals surface area contributed by atoms with Crippen molar-refractivity contribution in [3.63, 3.8) is 0 Å². The lowest BCUT2D eigenvalue weighted by molar-refractivity contribution is 0.402. The van der Waals surface area contributed by atoms with E-state index in [2.05, 4.69) is 61.3 Å².